The summed E-state index contributed by atoms with van der Waals surface area (Å²) in [5.74, 6) is 1.30. The van der Waals surface area contributed by atoms with Crippen LogP contribution < -0.4 is 14.8 Å². The van der Waals surface area contributed by atoms with Crippen LogP contribution in [0.4, 0.5) is 11.4 Å². The molecule has 0 unspecified atom stereocenters. The summed E-state index contributed by atoms with van der Waals surface area (Å²) < 4.78 is 24.0. The van der Waals surface area contributed by atoms with E-state index in [1.165, 1.54) is 12.8 Å². The summed E-state index contributed by atoms with van der Waals surface area (Å²) in [6.07, 6.45) is 7.23. The van der Waals surface area contributed by atoms with Gasteiger partial charge in [0.1, 0.15) is 36.0 Å². The fourth-order valence-electron chi connectivity index (χ4n) is 5.18. The quantitative estimate of drug-likeness (QED) is 0.283. The summed E-state index contributed by atoms with van der Waals surface area (Å²) in [4.78, 5) is 7.03. The molecular formula is C29H29ClN4O4. The lowest BCUT2D eigenvalue weighted by Crippen LogP contribution is -2.26. The zero-order valence-corrected chi connectivity index (χ0v) is 21.8. The number of pyridine rings is 1. The molecule has 196 valence electrons. The van der Waals surface area contributed by atoms with Crippen LogP contribution in [0.2, 0.25) is 5.02 Å². The van der Waals surface area contributed by atoms with Crippen molar-refractivity contribution in [1.29, 1.82) is 5.26 Å². The van der Waals surface area contributed by atoms with Gasteiger partial charge in [-0.2, -0.15) is 5.26 Å². The SMILES string of the molecule is N#Cc1cnc2cc(OCCN3CCCC3)cc(OC3CCOCC3)c2c1Nc1c(Cl)ccc2ccoc12. The van der Waals surface area contributed by atoms with Gasteiger partial charge in [0.05, 0.1) is 46.7 Å². The third kappa shape index (κ3) is 5.10. The smallest absolute Gasteiger partial charge is 0.158 e. The van der Waals surface area contributed by atoms with Gasteiger partial charge in [-0.05, 0) is 44.1 Å². The van der Waals surface area contributed by atoms with Crippen LogP contribution >= 0.6 is 11.6 Å². The van der Waals surface area contributed by atoms with Crippen molar-refractivity contribution < 1.29 is 18.6 Å². The van der Waals surface area contributed by atoms with Crippen LogP contribution in [0.5, 0.6) is 11.5 Å². The molecular weight excluding hydrogens is 504 g/mol. The fourth-order valence-corrected chi connectivity index (χ4v) is 5.37. The molecule has 0 atom stereocenters. The molecule has 2 aromatic heterocycles. The molecule has 2 aromatic carbocycles. The van der Waals surface area contributed by atoms with E-state index in [0.717, 1.165) is 37.9 Å². The molecule has 0 aliphatic carbocycles. The maximum absolute atomic E-state index is 10.0. The number of rotatable bonds is 8. The zero-order valence-electron chi connectivity index (χ0n) is 21.0. The van der Waals surface area contributed by atoms with Crippen molar-refractivity contribution in [3.8, 4) is 17.6 Å². The second-order valence-corrected chi connectivity index (χ2v) is 10.1. The van der Waals surface area contributed by atoms with E-state index < -0.39 is 0 Å². The normalized spacial score (nSPS) is 16.6. The Morgan fingerprint density at radius 1 is 1.13 bits per heavy atom. The molecule has 2 saturated heterocycles. The van der Waals surface area contributed by atoms with Crippen molar-refractivity contribution in [2.24, 2.45) is 0 Å². The average Bonchev–Trinajstić information content (AvgIpc) is 3.63. The highest BCUT2D eigenvalue weighted by Crippen LogP contribution is 2.42. The first-order valence-corrected chi connectivity index (χ1v) is 13.5. The number of anilines is 2. The van der Waals surface area contributed by atoms with Crippen molar-refractivity contribution in [3.63, 3.8) is 0 Å². The number of furan rings is 1. The summed E-state index contributed by atoms with van der Waals surface area (Å²) in [5, 5.41) is 15.5. The maximum atomic E-state index is 10.0. The first-order chi connectivity index (χ1) is 18.7. The first-order valence-electron chi connectivity index (χ1n) is 13.1. The number of halogens is 1. The number of nitriles is 1. The number of ether oxygens (including phenoxy) is 3. The molecule has 0 saturated carbocycles. The highest BCUT2D eigenvalue weighted by atomic mass is 35.5. The van der Waals surface area contributed by atoms with Crippen molar-refractivity contribution in [2.75, 3.05) is 44.8 Å². The number of likely N-dealkylation sites (tertiary alicyclic amines) is 1. The number of hydrogen-bond acceptors (Lipinski definition) is 8. The summed E-state index contributed by atoms with van der Waals surface area (Å²) in [7, 11) is 0. The number of fused-ring (bicyclic) bond motifs is 2. The van der Waals surface area contributed by atoms with E-state index in [-0.39, 0.29) is 6.10 Å². The van der Waals surface area contributed by atoms with Crippen LogP contribution in [0.15, 0.2) is 47.2 Å². The van der Waals surface area contributed by atoms with E-state index in [1.54, 1.807) is 12.5 Å². The van der Waals surface area contributed by atoms with Crippen LogP contribution in [0.1, 0.15) is 31.2 Å². The molecule has 0 spiro atoms. The average molecular weight is 533 g/mol. The van der Waals surface area contributed by atoms with Gasteiger partial charge in [0.2, 0.25) is 0 Å². The molecule has 8 nitrogen and oxygen atoms in total. The molecule has 1 N–H and O–H groups in total. The highest BCUT2D eigenvalue weighted by molar-refractivity contribution is 6.35. The molecule has 0 amide bonds. The predicted octanol–water partition coefficient (Wildman–Crippen LogP) is 6.28. The second kappa shape index (κ2) is 11.1. The van der Waals surface area contributed by atoms with E-state index in [0.29, 0.717) is 69.8 Å². The van der Waals surface area contributed by atoms with Gasteiger partial charge >= 0.3 is 0 Å². The Bertz CT molecular complexity index is 1490. The number of nitrogens with one attached hydrogen (secondary N) is 1. The van der Waals surface area contributed by atoms with Crippen molar-refractivity contribution in [3.05, 3.63) is 53.4 Å². The van der Waals surface area contributed by atoms with Gasteiger partial charge in [0.25, 0.3) is 0 Å². The Morgan fingerprint density at radius 3 is 2.79 bits per heavy atom. The van der Waals surface area contributed by atoms with Gasteiger partial charge in [0, 0.05) is 43.1 Å². The number of aromatic nitrogens is 1. The van der Waals surface area contributed by atoms with Gasteiger partial charge in [-0.15, -0.1) is 0 Å². The van der Waals surface area contributed by atoms with Gasteiger partial charge in [-0.1, -0.05) is 11.6 Å². The fraction of sp³-hybridized carbons (Fsp3) is 0.379. The lowest BCUT2D eigenvalue weighted by Gasteiger charge is -2.25. The monoisotopic (exact) mass is 532 g/mol. The third-order valence-corrected chi connectivity index (χ3v) is 7.50. The topological polar surface area (TPSA) is 92.8 Å². The van der Waals surface area contributed by atoms with Crippen LogP contribution in [0.3, 0.4) is 0 Å². The molecule has 0 radical (unpaired) electrons. The van der Waals surface area contributed by atoms with Crippen molar-refractivity contribution >= 4 is 44.8 Å². The Balaban J connectivity index is 1.42. The first kappa shape index (κ1) is 24.8. The van der Waals surface area contributed by atoms with Crippen LogP contribution in [0, 0.1) is 11.3 Å². The molecule has 38 heavy (non-hydrogen) atoms. The molecule has 6 rings (SSSR count). The van der Waals surface area contributed by atoms with Gasteiger partial charge in [-0.25, -0.2) is 0 Å². The standard InChI is InChI=1S/C29H29ClN4O4/c30-23-4-3-19-5-13-37-29(19)28(23)33-27-20(17-31)18-32-24-15-22(36-14-10-34-8-1-2-9-34)16-25(26(24)27)38-21-6-11-35-12-7-21/h3-5,13,15-16,18,21H,1-2,6-12,14H2,(H,32,33). The Hall–Kier alpha value is -3.51. The molecule has 4 aromatic rings. The van der Waals surface area contributed by atoms with E-state index in [4.69, 9.17) is 30.2 Å². The largest absolute Gasteiger partial charge is 0.492 e. The van der Waals surface area contributed by atoms with Gasteiger partial charge in [0.15, 0.2) is 5.58 Å². The lowest BCUT2D eigenvalue weighted by atomic mass is 10.1. The summed E-state index contributed by atoms with van der Waals surface area (Å²) >= 11 is 6.60. The van der Waals surface area contributed by atoms with Gasteiger partial charge in [-0.3, -0.25) is 9.88 Å². The second-order valence-electron chi connectivity index (χ2n) is 9.69. The number of benzene rings is 2. The van der Waals surface area contributed by atoms with Gasteiger partial charge < -0.3 is 23.9 Å². The number of hydrogen-bond donors (Lipinski definition) is 1. The zero-order chi connectivity index (χ0) is 25.9. The van der Waals surface area contributed by atoms with Crippen molar-refractivity contribution in [2.45, 2.75) is 31.8 Å². The maximum Gasteiger partial charge on any atom is 0.158 e. The van der Waals surface area contributed by atoms with E-state index in [9.17, 15) is 5.26 Å². The van der Waals surface area contributed by atoms with Crippen LogP contribution in [-0.4, -0.2) is 55.4 Å². The highest BCUT2D eigenvalue weighted by Gasteiger charge is 2.22. The molecule has 2 aliphatic heterocycles. The van der Waals surface area contributed by atoms with E-state index >= 15 is 0 Å². The Morgan fingerprint density at radius 2 is 1.97 bits per heavy atom. The molecule has 2 aliphatic rings. The third-order valence-electron chi connectivity index (χ3n) is 7.19. The number of nitrogens with zero attached hydrogens (tertiary/aromatic N) is 3. The minimum absolute atomic E-state index is 0.0116. The Labute approximate surface area is 226 Å². The predicted molar refractivity (Wildman–Crippen MR) is 147 cm³/mol. The Kier molecular flexibility index (Phi) is 7.23. The summed E-state index contributed by atoms with van der Waals surface area (Å²) in [6, 6.07) is 11.7. The summed E-state index contributed by atoms with van der Waals surface area (Å²) in [6.45, 7) is 5.01. The van der Waals surface area contributed by atoms with E-state index in [1.807, 2.05) is 30.3 Å². The minimum atomic E-state index is -0.0116. The van der Waals surface area contributed by atoms with Crippen LogP contribution in [-0.2, 0) is 4.74 Å². The van der Waals surface area contributed by atoms with E-state index in [2.05, 4.69) is 21.3 Å². The molecule has 9 heteroatoms. The molecule has 0 bridgehead atoms. The van der Waals surface area contributed by atoms with Crippen LogP contribution in [0.25, 0.3) is 21.9 Å². The molecule has 2 fully saturated rings. The summed E-state index contributed by atoms with van der Waals surface area (Å²) in [5.41, 5.74) is 2.79. The molecule has 4 heterocycles. The lowest BCUT2D eigenvalue weighted by molar-refractivity contribution is 0.0261. The van der Waals surface area contributed by atoms with Crippen molar-refractivity contribution in [1.82, 2.24) is 9.88 Å². The minimum Gasteiger partial charge on any atom is -0.492 e.